The van der Waals surface area contributed by atoms with Crippen LogP contribution in [0.15, 0.2) is 24.3 Å². The molecule has 1 atom stereocenters. The lowest BCUT2D eigenvalue weighted by molar-refractivity contribution is 0.164. The molecule has 1 aromatic carbocycles. The molecule has 0 radical (unpaired) electrons. The van der Waals surface area contributed by atoms with Crippen LogP contribution in [0.25, 0.3) is 0 Å². The fourth-order valence-electron chi connectivity index (χ4n) is 2.84. The van der Waals surface area contributed by atoms with Crippen LogP contribution in [0.3, 0.4) is 0 Å². The minimum atomic E-state index is 0.317. The summed E-state index contributed by atoms with van der Waals surface area (Å²) in [7, 11) is 3.93. The molecule has 1 aliphatic rings. The lowest BCUT2D eigenvalue weighted by atomic mass is 9.84. The third kappa shape index (κ3) is 3.78. The van der Waals surface area contributed by atoms with Gasteiger partial charge in [0, 0.05) is 26.2 Å². The Morgan fingerprint density at radius 1 is 1.42 bits per heavy atom. The van der Waals surface area contributed by atoms with Crippen LogP contribution < -0.4 is 5.73 Å². The molecule has 3 nitrogen and oxygen atoms in total. The van der Waals surface area contributed by atoms with Crippen LogP contribution in [0, 0.1) is 5.92 Å². The van der Waals surface area contributed by atoms with Crippen molar-refractivity contribution in [2.75, 3.05) is 27.2 Å². The molecule has 0 saturated heterocycles. The Morgan fingerprint density at radius 3 is 2.79 bits per heavy atom. The molecule has 0 aliphatic heterocycles. The highest BCUT2D eigenvalue weighted by Crippen LogP contribution is 2.29. The second-order valence-electron chi connectivity index (χ2n) is 5.67. The molecule has 0 spiro atoms. The Bertz CT molecular complexity index is 390. The summed E-state index contributed by atoms with van der Waals surface area (Å²) in [5, 5.41) is 0. The Labute approximate surface area is 116 Å². The topological polar surface area (TPSA) is 38.5 Å². The maximum atomic E-state index is 5.99. The van der Waals surface area contributed by atoms with Crippen LogP contribution >= 0.6 is 0 Å². The van der Waals surface area contributed by atoms with Crippen molar-refractivity contribution in [1.29, 1.82) is 0 Å². The fourth-order valence-corrected chi connectivity index (χ4v) is 2.84. The molecule has 1 fully saturated rings. The lowest BCUT2D eigenvalue weighted by Crippen LogP contribution is -2.36. The predicted molar refractivity (Wildman–Crippen MR) is 78.9 cm³/mol. The first-order valence-corrected chi connectivity index (χ1v) is 7.22. The molecule has 3 heteroatoms. The Morgan fingerprint density at radius 2 is 2.21 bits per heavy atom. The van der Waals surface area contributed by atoms with E-state index in [1.54, 1.807) is 7.11 Å². The summed E-state index contributed by atoms with van der Waals surface area (Å²) in [4.78, 5) is 2.41. The van der Waals surface area contributed by atoms with Crippen molar-refractivity contribution < 1.29 is 4.74 Å². The monoisotopic (exact) mass is 262 g/mol. The van der Waals surface area contributed by atoms with E-state index >= 15 is 0 Å². The summed E-state index contributed by atoms with van der Waals surface area (Å²) >= 11 is 0. The third-order valence-electron chi connectivity index (χ3n) is 4.17. The number of ether oxygens (including phenoxy) is 1. The average Bonchev–Trinajstić information content (AvgIpc) is 2.36. The largest absolute Gasteiger partial charge is 0.380 e. The highest BCUT2D eigenvalue weighted by atomic mass is 16.5. The van der Waals surface area contributed by atoms with Gasteiger partial charge >= 0.3 is 0 Å². The Balaban J connectivity index is 2.04. The molecule has 1 saturated carbocycles. The van der Waals surface area contributed by atoms with E-state index in [9.17, 15) is 0 Å². The number of methoxy groups -OCH3 is 1. The van der Waals surface area contributed by atoms with Gasteiger partial charge in [-0.25, -0.2) is 0 Å². The zero-order chi connectivity index (χ0) is 13.7. The maximum Gasteiger partial charge on any atom is 0.0713 e. The third-order valence-corrected chi connectivity index (χ3v) is 4.17. The second-order valence-corrected chi connectivity index (χ2v) is 5.67. The van der Waals surface area contributed by atoms with E-state index in [0.717, 1.165) is 12.5 Å². The minimum absolute atomic E-state index is 0.317. The van der Waals surface area contributed by atoms with Gasteiger partial charge in [0.2, 0.25) is 0 Å². The molecule has 1 aromatic rings. The molecule has 1 unspecified atom stereocenters. The molecule has 2 N–H and O–H groups in total. The molecular weight excluding hydrogens is 236 g/mol. The molecule has 0 amide bonds. The molecule has 0 heterocycles. The predicted octanol–water partition coefficient (Wildman–Crippen LogP) is 2.56. The van der Waals surface area contributed by atoms with E-state index in [1.165, 1.54) is 30.4 Å². The highest BCUT2D eigenvalue weighted by molar-refractivity contribution is 5.26. The van der Waals surface area contributed by atoms with Gasteiger partial charge in [-0.2, -0.15) is 0 Å². The molecular formula is C16H26N2O. The summed E-state index contributed by atoms with van der Waals surface area (Å²) in [6, 6.07) is 8.92. The lowest BCUT2D eigenvalue weighted by Gasteiger charge is -2.34. The van der Waals surface area contributed by atoms with Crippen LogP contribution in [-0.4, -0.2) is 32.1 Å². The maximum absolute atomic E-state index is 5.99. The van der Waals surface area contributed by atoms with Crippen LogP contribution in [0.4, 0.5) is 0 Å². The first-order chi connectivity index (χ1) is 9.24. The highest BCUT2D eigenvalue weighted by Gasteiger charge is 2.23. The van der Waals surface area contributed by atoms with E-state index in [-0.39, 0.29) is 0 Å². The molecule has 0 aromatic heterocycles. The smallest absolute Gasteiger partial charge is 0.0713 e. The SMILES string of the molecule is COCc1cccc(C(CN)N(C)CC2CCC2)c1. The summed E-state index contributed by atoms with van der Waals surface area (Å²) < 4.78 is 5.20. The van der Waals surface area contributed by atoms with E-state index < -0.39 is 0 Å². The van der Waals surface area contributed by atoms with Crippen molar-refractivity contribution in [3.63, 3.8) is 0 Å². The summed E-state index contributed by atoms with van der Waals surface area (Å²) in [6.45, 7) is 2.49. The van der Waals surface area contributed by atoms with Crippen molar-refractivity contribution in [3.8, 4) is 0 Å². The van der Waals surface area contributed by atoms with Gasteiger partial charge in [0.1, 0.15) is 0 Å². The van der Waals surface area contributed by atoms with Gasteiger partial charge in [-0.15, -0.1) is 0 Å². The summed E-state index contributed by atoms with van der Waals surface area (Å²) in [6.07, 6.45) is 4.16. The average molecular weight is 262 g/mol. The van der Waals surface area contributed by atoms with Crippen molar-refractivity contribution in [3.05, 3.63) is 35.4 Å². The van der Waals surface area contributed by atoms with Gasteiger partial charge in [0.05, 0.1) is 6.61 Å². The number of rotatable bonds is 7. The van der Waals surface area contributed by atoms with Gasteiger partial charge in [-0.3, -0.25) is 4.90 Å². The first kappa shape index (κ1) is 14.5. The number of hydrogen-bond acceptors (Lipinski definition) is 3. The van der Waals surface area contributed by atoms with Gasteiger partial charge in [0.25, 0.3) is 0 Å². The van der Waals surface area contributed by atoms with Crippen LogP contribution in [0.5, 0.6) is 0 Å². The molecule has 1 aliphatic carbocycles. The van der Waals surface area contributed by atoms with Crippen molar-refractivity contribution >= 4 is 0 Å². The first-order valence-electron chi connectivity index (χ1n) is 7.22. The zero-order valence-electron chi connectivity index (χ0n) is 12.1. The normalized spacial score (nSPS) is 17.5. The zero-order valence-corrected chi connectivity index (χ0v) is 12.1. The van der Waals surface area contributed by atoms with E-state index in [0.29, 0.717) is 19.2 Å². The van der Waals surface area contributed by atoms with Crippen molar-refractivity contribution in [2.45, 2.75) is 31.9 Å². The van der Waals surface area contributed by atoms with Crippen LogP contribution in [0.2, 0.25) is 0 Å². The van der Waals surface area contributed by atoms with Crippen molar-refractivity contribution in [1.82, 2.24) is 4.90 Å². The number of nitrogens with two attached hydrogens (primary N) is 1. The van der Waals surface area contributed by atoms with Gasteiger partial charge < -0.3 is 10.5 Å². The van der Waals surface area contributed by atoms with Gasteiger partial charge in [-0.05, 0) is 36.9 Å². The Kier molecular flexibility index (Phi) is 5.37. The van der Waals surface area contributed by atoms with Crippen LogP contribution in [0.1, 0.15) is 36.4 Å². The molecule has 2 rings (SSSR count). The van der Waals surface area contributed by atoms with E-state index in [4.69, 9.17) is 10.5 Å². The number of likely N-dealkylation sites (N-methyl/N-ethyl adjacent to an activating group) is 1. The quantitative estimate of drug-likeness (QED) is 0.821. The second kappa shape index (κ2) is 7.04. The van der Waals surface area contributed by atoms with Gasteiger partial charge in [0.15, 0.2) is 0 Å². The van der Waals surface area contributed by atoms with E-state index in [1.807, 2.05) is 0 Å². The minimum Gasteiger partial charge on any atom is -0.380 e. The Hall–Kier alpha value is -0.900. The number of benzene rings is 1. The number of nitrogens with zero attached hydrogens (tertiary/aromatic N) is 1. The fraction of sp³-hybridized carbons (Fsp3) is 0.625. The number of hydrogen-bond donors (Lipinski definition) is 1. The molecule has 0 bridgehead atoms. The summed E-state index contributed by atoms with van der Waals surface area (Å²) in [5.74, 6) is 0.876. The standard InChI is InChI=1S/C16H26N2O/c1-18(11-13-5-3-6-13)16(10-17)15-8-4-7-14(9-15)12-19-2/h4,7-9,13,16H,3,5-6,10-12,17H2,1-2H3. The van der Waals surface area contributed by atoms with Crippen LogP contribution in [-0.2, 0) is 11.3 Å². The van der Waals surface area contributed by atoms with Gasteiger partial charge in [-0.1, -0.05) is 30.7 Å². The van der Waals surface area contributed by atoms with Crippen molar-refractivity contribution in [2.24, 2.45) is 11.7 Å². The molecule has 106 valence electrons. The van der Waals surface area contributed by atoms with E-state index in [2.05, 4.69) is 36.2 Å². The molecule has 19 heavy (non-hydrogen) atoms. The summed E-state index contributed by atoms with van der Waals surface area (Å²) in [5.41, 5.74) is 8.51.